The maximum atomic E-state index is 5.79. The van der Waals surface area contributed by atoms with E-state index in [0.29, 0.717) is 16.9 Å². The molecule has 2 aromatic rings. The monoisotopic (exact) mass is 257 g/mol. The van der Waals surface area contributed by atoms with Crippen molar-refractivity contribution in [2.45, 2.75) is 13.8 Å². The first kappa shape index (κ1) is 12.9. The number of thiazole rings is 1. The van der Waals surface area contributed by atoms with Crippen molar-refractivity contribution in [1.29, 1.82) is 0 Å². The van der Waals surface area contributed by atoms with Crippen LogP contribution in [0.1, 0.15) is 13.8 Å². The molecule has 0 aromatic carbocycles. The lowest BCUT2D eigenvalue weighted by Gasteiger charge is -2.00. The predicted octanol–water partition coefficient (Wildman–Crippen LogP) is 3.29. The molecule has 0 bridgehead atoms. The summed E-state index contributed by atoms with van der Waals surface area (Å²) in [4.78, 5) is 12.3. The molecule has 0 N–H and O–H groups in total. The number of nitrogens with zero attached hydrogens (tertiary/aromatic N) is 3. The number of rotatable bonds is 2. The summed E-state index contributed by atoms with van der Waals surface area (Å²) in [7, 11) is 1.53. The number of methoxy groups -OCH3 is 1. The van der Waals surface area contributed by atoms with Crippen LogP contribution in [0.4, 0.5) is 0 Å². The molecule has 0 unspecified atom stereocenters. The Morgan fingerprint density at radius 1 is 1.31 bits per heavy atom. The normalized spacial score (nSPS) is 9.25. The maximum absolute atomic E-state index is 5.79. The Balaban J connectivity index is 0.000000606. The predicted molar refractivity (Wildman–Crippen MR) is 66.1 cm³/mol. The Kier molecular flexibility index (Phi) is 5.14. The zero-order valence-corrected chi connectivity index (χ0v) is 10.8. The van der Waals surface area contributed by atoms with Crippen LogP contribution >= 0.6 is 22.9 Å². The van der Waals surface area contributed by atoms with Gasteiger partial charge < -0.3 is 4.74 Å². The summed E-state index contributed by atoms with van der Waals surface area (Å²) >= 11 is 7.25. The highest BCUT2D eigenvalue weighted by atomic mass is 35.5. The molecule has 0 aliphatic heterocycles. The molecule has 2 aromatic heterocycles. The van der Waals surface area contributed by atoms with Crippen LogP contribution in [0.2, 0.25) is 5.15 Å². The summed E-state index contributed by atoms with van der Waals surface area (Å²) in [6.07, 6.45) is 1.69. The lowest BCUT2D eigenvalue weighted by molar-refractivity contribution is 0.397. The lowest BCUT2D eigenvalue weighted by atomic mass is 10.5. The molecule has 4 nitrogen and oxygen atoms in total. The molecular formula is C10H12ClN3OS. The van der Waals surface area contributed by atoms with Crippen LogP contribution in [0.15, 0.2) is 17.6 Å². The van der Waals surface area contributed by atoms with Gasteiger partial charge in [-0.25, -0.2) is 9.97 Å². The van der Waals surface area contributed by atoms with Crippen molar-refractivity contribution in [2.24, 2.45) is 0 Å². The van der Waals surface area contributed by atoms with Gasteiger partial charge in [-0.05, 0) is 0 Å². The minimum atomic E-state index is 0.349. The van der Waals surface area contributed by atoms with E-state index in [4.69, 9.17) is 16.3 Å². The van der Waals surface area contributed by atoms with E-state index in [9.17, 15) is 0 Å². The summed E-state index contributed by atoms with van der Waals surface area (Å²) in [5.41, 5.74) is 0. The van der Waals surface area contributed by atoms with E-state index >= 15 is 0 Å². The summed E-state index contributed by atoms with van der Waals surface area (Å²) in [5.74, 6) is 0.930. The largest absolute Gasteiger partial charge is 0.481 e. The van der Waals surface area contributed by atoms with Crippen LogP contribution in [-0.2, 0) is 0 Å². The summed E-state index contributed by atoms with van der Waals surface area (Å²) < 4.78 is 4.98. The Labute approximate surface area is 103 Å². The molecule has 0 saturated heterocycles. The Hall–Kier alpha value is -1.20. The van der Waals surface area contributed by atoms with Crippen LogP contribution < -0.4 is 4.74 Å². The molecule has 0 fully saturated rings. The van der Waals surface area contributed by atoms with Gasteiger partial charge in [0.2, 0.25) is 5.88 Å². The Bertz CT molecular complexity index is 434. The van der Waals surface area contributed by atoms with E-state index in [2.05, 4.69) is 15.0 Å². The molecule has 86 valence electrons. The first-order chi connectivity index (χ1) is 7.79. The van der Waals surface area contributed by atoms with Gasteiger partial charge in [-0.1, -0.05) is 25.4 Å². The van der Waals surface area contributed by atoms with Gasteiger partial charge >= 0.3 is 0 Å². The van der Waals surface area contributed by atoms with Gasteiger partial charge in [-0.2, -0.15) is 4.98 Å². The molecule has 0 spiro atoms. The van der Waals surface area contributed by atoms with Crippen LogP contribution in [0.3, 0.4) is 0 Å². The van der Waals surface area contributed by atoms with Crippen molar-refractivity contribution in [2.75, 3.05) is 7.11 Å². The van der Waals surface area contributed by atoms with Crippen LogP contribution in [-0.4, -0.2) is 22.1 Å². The fourth-order valence-electron chi connectivity index (χ4n) is 0.931. The molecule has 0 aliphatic carbocycles. The Morgan fingerprint density at radius 2 is 2.06 bits per heavy atom. The first-order valence-electron chi connectivity index (χ1n) is 4.78. The van der Waals surface area contributed by atoms with E-state index in [1.807, 2.05) is 19.2 Å². The molecule has 0 saturated carbocycles. The SMILES string of the molecule is CC.COc1cc(Cl)nc(-c2nccs2)n1. The second-order valence-electron chi connectivity index (χ2n) is 2.39. The van der Waals surface area contributed by atoms with Crippen molar-refractivity contribution in [3.63, 3.8) is 0 Å². The van der Waals surface area contributed by atoms with E-state index < -0.39 is 0 Å². The highest BCUT2D eigenvalue weighted by Crippen LogP contribution is 2.22. The van der Waals surface area contributed by atoms with Gasteiger partial charge in [0.25, 0.3) is 0 Å². The van der Waals surface area contributed by atoms with Gasteiger partial charge in [0, 0.05) is 17.6 Å². The van der Waals surface area contributed by atoms with Gasteiger partial charge in [-0.3, -0.25) is 0 Å². The second-order valence-corrected chi connectivity index (χ2v) is 3.68. The highest BCUT2D eigenvalue weighted by molar-refractivity contribution is 7.13. The molecule has 0 amide bonds. The third kappa shape index (κ3) is 3.15. The zero-order chi connectivity index (χ0) is 12.0. The molecular weight excluding hydrogens is 246 g/mol. The van der Waals surface area contributed by atoms with Crippen molar-refractivity contribution in [3.8, 4) is 16.7 Å². The van der Waals surface area contributed by atoms with Gasteiger partial charge in [0.1, 0.15) is 5.15 Å². The first-order valence-corrected chi connectivity index (χ1v) is 6.04. The van der Waals surface area contributed by atoms with Gasteiger partial charge in [-0.15, -0.1) is 11.3 Å². The molecule has 0 atom stereocenters. The average Bonchev–Trinajstić information content (AvgIpc) is 2.84. The quantitative estimate of drug-likeness (QED) is 0.775. The third-order valence-corrected chi connectivity index (χ3v) is 2.47. The number of hydrogen-bond donors (Lipinski definition) is 0. The fourth-order valence-corrected chi connectivity index (χ4v) is 1.67. The van der Waals surface area contributed by atoms with Crippen LogP contribution in [0, 0.1) is 0 Å². The standard InChI is InChI=1S/C8H6ClN3OS.C2H6/c1-13-6-4-5(9)11-7(12-6)8-10-2-3-14-8;1-2/h2-4H,1H3;1-2H3. The highest BCUT2D eigenvalue weighted by Gasteiger charge is 2.07. The molecule has 16 heavy (non-hydrogen) atoms. The number of aromatic nitrogens is 3. The van der Waals surface area contributed by atoms with Gasteiger partial charge in [0.15, 0.2) is 10.8 Å². The van der Waals surface area contributed by atoms with Crippen molar-refractivity contribution >= 4 is 22.9 Å². The second kappa shape index (κ2) is 6.40. The summed E-state index contributed by atoms with van der Waals surface area (Å²) in [6.45, 7) is 4.00. The van der Waals surface area contributed by atoms with E-state index in [-0.39, 0.29) is 0 Å². The topological polar surface area (TPSA) is 47.9 Å². The molecule has 0 radical (unpaired) electrons. The number of ether oxygens (including phenoxy) is 1. The molecule has 0 aliphatic rings. The molecule has 2 heterocycles. The number of hydrogen-bond acceptors (Lipinski definition) is 5. The fraction of sp³-hybridized carbons (Fsp3) is 0.300. The molecule has 2 rings (SSSR count). The summed E-state index contributed by atoms with van der Waals surface area (Å²) in [5, 5.41) is 2.93. The summed E-state index contributed by atoms with van der Waals surface area (Å²) in [6, 6.07) is 1.55. The zero-order valence-electron chi connectivity index (χ0n) is 9.27. The van der Waals surface area contributed by atoms with Crippen molar-refractivity contribution in [3.05, 3.63) is 22.8 Å². The molecule has 6 heteroatoms. The third-order valence-electron chi connectivity index (χ3n) is 1.50. The van der Waals surface area contributed by atoms with Crippen LogP contribution in [0.25, 0.3) is 10.8 Å². The van der Waals surface area contributed by atoms with Crippen molar-refractivity contribution < 1.29 is 4.74 Å². The van der Waals surface area contributed by atoms with Crippen LogP contribution in [0.5, 0.6) is 5.88 Å². The van der Waals surface area contributed by atoms with E-state index in [1.54, 1.807) is 12.3 Å². The lowest BCUT2D eigenvalue weighted by Crippen LogP contribution is -1.93. The minimum absolute atomic E-state index is 0.349. The maximum Gasteiger partial charge on any atom is 0.218 e. The number of halogens is 1. The van der Waals surface area contributed by atoms with Gasteiger partial charge in [0.05, 0.1) is 7.11 Å². The minimum Gasteiger partial charge on any atom is -0.481 e. The van der Waals surface area contributed by atoms with Crippen molar-refractivity contribution in [1.82, 2.24) is 15.0 Å². The Morgan fingerprint density at radius 3 is 2.62 bits per heavy atom. The smallest absolute Gasteiger partial charge is 0.218 e. The van der Waals surface area contributed by atoms with E-state index in [0.717, 1.165) is 5.01 Å². The average molecular weight is 258 g/mol. The van der Waals surface area contributed by atoms with E-state index in [1.165, 1.54) is 18.4 Å².